The van der Waals surface area contributed by atoms with E-state index in [1.54, 1.807) is 12.1 Å². The number of rotatable bonds is 5. The minimum atomic E-state index is -0.539. The minimum Gasteiger partial charge on any atom is -0.460 e. The third kappa shape index (κ3) is 4.64. The number of nitro groups is 1. The smallest absolute Gasteiger partial charge is 0.410 e. The Bertz CT molecular complexity index is 853. The van der Waals surface area contributed by atoms with Crippen LogP contribution in [0, 0.1) is 10.1 Å². The normalized spacial score (nSPS) is 18.5. The number of ether oxygens (including phenoxy) is 2. The van der Waals surface area contributed by atoms with Crippen LogP contribution in [-0.2, 0) is 20.9 Å². The fourth-order valence-corrected chi connectivity index (χ4v) is 3.23. The van der Waals surface area contributed by atoms with Crippen LogP contribution in [-0.4, -0.2) is 41.1 Å². The summed E-state index contributed by atoms with van der Waals surface area (Å²) >= 11 is 0. The fraction of sp³-hybridized carbons (Fsp3) is 0.300. The van der Waals surface area contributed by atoms with E-state index in [2.05, 4.69) is 0 Å². The number of carbonyl (C=O) groups is 2. The number of amides is 1. The van der Waals surface area contributed by atoms with Gasteiger partial charge in [0.2, 0.25) is 0 Å². The van der Waals surface area contributed by atoms with Crippen LogP contribution in [0.4, 0.5) is 10.5 Å². The van der Waals surface area contributed by atoms with Gasteiger partial charge in [0.05, 0.1) is 11.5 Å². The summed E-state index contributed by atoms with van der Waals surface area (Å²) < 4.78 is 10.7. The lowest BCUT2D eigenvalue weighted by molar-refractivity contribution is -0.384. The lowest BCUT2D eigenvalue weighted by Gasteiger charge is -2.17. The molecule has 1 aliphatic rings. The van der Waals surface area contributed by atoms with E-state index in [1.165, 1.54) is 24.0 Å². The Hall–Kier alpha value is -3.42. The van der Waals surface area contributed by atoms with Crippen molar-refractivity contribution in [3.63, 3.8) is 0 Å². The molecule has 3 rings (SSSR count). The first-order chi connectivity index (χ1) is 13.4. The van der Waals surface area contributed by atoms with E-state index in [0.717, 1.165) is 11.1 Å². The summed E-state index contributed by atoms with van der Waals surface area (Å²) in [5.41, 5.74) is 1.61. The van der Waals surface area contributed by atoms with E-state index >= 15 is 0 Å². The number of nitro benzene ring substituents is 1. The van der Waals surface area contributed by atoms with Crippen LogP contribution in [0.2, 0.25) is 0 Å². The maximum absolute atomic E-state index is 12.4. The van der Waals surface area contributed by atoms with E-state index in [9.17, 15) is 19.7 Å². The number of non-ortho nitro benzene ring substituents is 1. The standard InChI is InChI=1S/C20H20N2O6/c1-14(23)28-19-12-21(20(24)27-13-15-5-3-2-4-6-15)11-18(19)16-7-9-17(10-8-16)22(25)26/h2-10,18-19H,11-13H2,1H3/t18-,19+/m0/s1. The summed E-state index contributed by atoms with van der Waals surface area (Å²) in [7, 11) is 0. The molecule has 1 heterocycles. The predicted molar refractivity (Wildman–Crippen MR) is 99.6 cm³/mol. The monoisotopic (exact) mass is 384 g/mol. The number of likely N-dealkylation sites (tertiary alicyclic amines) is 1. The van der Waals surface area contributed by atoms with Gasteiger partial charge in [0.1, 0.15) is 12.7 Å². The molecule has 0 unspecified atom stereocenters. The molecule has 0 bridgehead atoms. The molecule has 1 fully saturated rings. The first kappa shape index (κ1) is 19.3. The quantitative estimate of drug-likeness (QED) is 0.446. The molecule has 2 aromatic carbocycles. The summed E-state index contributed by atoms with van der Waals surface area (Å²) in [5, 5.41) is 10.8. The van der Waals surface area contributed by atoms with E-state index < -0.39 is 23.1 Å². The van der Waals surface area contributed by atoms with Crippen LogP contribution in [0.15, 0.2) is 54.6 Å². The maximum Gasteiger partial charge on any atom is 0.410 e. The molecule has 0 spiro atoms. The summed E-state index contributed by atoms with van der Waals surface area (Å²) in [4.78, 5) is 35.8. The number of esters is 1. The number of carbonyl (C=O) groups excluding carboxylic acids is 2. The molecule has 2 atom stereocenters. The summed E-state index contributed by atoms with van der Waals surface area (Å²) in [6.07, 6.45) is -1.03. The van der Waals surface area contributed by atoms with Crippen LogP contribution in [0.1, 0.15) is 24.0 Å². The number of benzene rings is 2. The van der Waals surface area contributed by atoms with E-state index in [1.807, 2.05) is 30.3 Å². The van der Waals surface area contributed by atoms with Crippen molar-refractivity contribution in [2.45, 2.75) is 25.6 Å². The van der Waals surface area contributed by atoms with Gasteiger partial charge in [-0.2, -0.15) is 0 Å². The molecule has 0 aliphatic carbocycles. The van der Waals surface area contributed by atoms with Gasteiger partial charge in [0.25, 0.3) is 5.69 Å². The highest BCUT2D eigenvalue weighted by Gasteiger charge is 2.39. The van der Waals surface area contributed by atoms with Crippen molar-refractivity contribution in [1.82, 2.24) is 4.90 Å². The van der Waals surface area contributed by atoms with Crippen LogP contribution < -0.4 is 0 Å². The average Bonchev–Trinajstić information content (AvgIpc) is 3.10. The minimum absolute atomic E-state index is 0.0232. The molecule has 1 amide bonds. The first-order valence-corrected chi connectivity index (χ1v) is 8.81. The van der Waals surface area contributed by atoms with Gasteiger partial charge in [0, 0.05) is 31.5 Å². The number of hydrogen-bond acceptors (Lipinski definition) is 6. The molecule has 8 heteroatoms. The molecule has 0 saturated carbocycles. The van der Waals surface area contributed by atoms with Crippen molar-refractivity contribution in [2.75, 3.05) is 13.1 Å². The zero-order valence-corrected chi connectivity index (χ0v) is 15.3. The van der Waals surface area contributed by atoms with Gasteiger partial charge in [-0.3, -0.25) is 14.9 Å². The molecular weight excluding hydrogens is 364 g/mol. The largest absolute Gasteiger partial charge is 0.460 e. The Kier molecular flexibility index (Phi) is 5.88. The van der Waals surface area contributed by atoms with Gasteiger partial charge in [-0.15, -0.1) is 0 Å². The molecule has 1 aliphatic heterocycles. The van der Waals surface area contributed by atoms with Gasteiger partial charge < -0.3 is 14.4 Å². The van der Waals surface area contributed by atoms with Crippen LogP contribution in [0.5, 0.6) is 0 Å². The van der Waals surface area contributed by atoms with Gasteiger partial charge in [-0.05, 0) is 11.1 Å². The predicted octanol–water partition coefficient (Wildman–Crippen LogP) is 3.26. The SMILES string of the molecule is CC(=O)O[C@@H]1CN(C(=O)OCc2ccccc2)C[C@H]1c1ccc([N+](=O)[O-])cc1. The molecule has 0 N–H and O–H groups in total. The van der Waals surface area contributed by atoms with Crippen molar-refractivity contribution < 1.29 is 24.0 Å². The van der Waals surface area contributed by atoms with Crippen molar-refractivity contribution >= 4 is 17.7 Å². The third-order valence-corrected chi connectivity index (χ3v) is 4.58. The highest BCUT2D eigenvalue weighted by Crippen LogP contribution is 2.31. The molecule has 8 nitrogen and oxygen atoms in total. The highest BCUT2D eigenvalue weighted by molar-refractivity contribution is 5.69. The first-order valence-electron chi connectivity index (χ1n) is 8.81. The highest BCUT2D eigenvalue weighted by atomic mass is 16.6. The second-order valence-corrected chi connectivity index (χ2v) is 6.55. The lowest BCUT2D eigenvalue weighted by atomic mass is 9.96. The van der Waals surface area contributed by atoms with Crippen molar-refractivity contribution in [3.05, 3.63) is 75.8 Å². The molecule has 2 aromatic rings. The Morgan fingerprint density at radius 2 is 1.79 bits per heavy atom. The second kappa shape index (κ2) is 8.51. The van der Waals surface area contributed by atoms with Crippen molar-refractivity contribution in [2.24, 2.45) is 0 Å². The number of nitrogens with zero attached hydrogens (tertiary/aromatic N) is 2. The molecule has 0 aromatic heterocycles. The molecular formula is C20H20N2O6. The second-order valence-electron chi connectivity index (χ2n) is 6.55. The third-order valence-electron chi connectivity index (χ3n) is 4.58. The van der Waals surface area contributed by atoms with Gasteiger partial charge >= 0.3 is 12.1 Å². The van der Waals surface area contributed by atoms with Gasteiger partial charge in [-0.1, -0.05) is 42.5 Å². The number of hydrogen-bond donors (Lipinski definition) is 0. The lowest BCUT2D eigenvalue weighted by Crippen LogP contribution is -2.31. The van der Waals surface area contributed by atoms with Crippen molar-refractivity contribution in [3.8, 4) is 0 Å². The zero-order chi connectivity index (χ0) is 20.1. The van der Waals surface area contributed by atoms with Crippen LogP contribution in [0.25, 0.3) is 0 Å². The Balaban J connectivity index is 1.70. The van der Waals surface area contributed by atoms with Crippen molar-refractivity contribution in [1.29, 1.82) is 0 Å². The Morgan fingerprint density at radius 3 is 2.39 bits per heavy atom. The van der Waals surface area contributed by atoms with Crippen LogP contribution in [0.3, 0.4) is 0 Å². The zero-order valence-electron chi connectivity index (χ0n) is 15.3. The van der Waals surface area contributed by atoms with E-state index in [0.29, 0.717) is 6.54 Å². The maximum atomic E-state index is 12.4. The van der Waals surface area contributed by atoms with Gasteiger partial charge in [0.15, 0.2) is 0 Å². The summed E-state index contributed by atoms with van der Waals surface area (Å²) in [6.45, 7) is 1.96. The molecule has 1 saturated heterocycles. The van der Waals surface area contributed by atoms with E-state index in [-0.39, 0.29) is 24.8 Å². The topological polar surface area (TPSA) is 99.0 Å². The van der Waals surface area contributed by atoms with Crippen LogP contribution >= 0.6 is 0 Å². The molecule has 0 radical (unpaired) electrons. The molecule has 28 heavy (non-hydrogen) atoms. The average molecular weight is 384 g/mol. The fourth-order valence-electron chi connectivity index (χ4n) is 3.23. The van der Waals surface area contributed by atoms with Gasteiger partial charge in [-0.25, -0.2) is 4.79 Å². The molecule has 146 valence electrons. The van der Waals surface area contributed by atoms with E-state index in [4.69, 9.17) is 9.47 Å². The summed E-state index contributed by atoms with van der Waals surface area (Å²) in [6, 6.07) is 15.4. The Morgan fingerprint density at radius 1 is 1.11 bits per heavy atom. The Labute approximate surface area is 161 Å². The summed E-state index contributed by atoms with van der Waals surface area (Å²) in [5.74, 6) is -0.731.